The molecule has 7 nitrogen and oxygen atoms in total. The first-order valence-corrected chi connectivity index (χ1v) is 9.05. The van der Waals surface area contributed by atoms with E-state index in [2.05, 4.69) is 55.0 Å². The molecule has 0 spiro atoms. The summed E-state index contributed by atoms with van der Waals surface area (Å²) in [6, 6.07) is 11.2. The number of piperazine rings is 1. The molecule has 2 fully saturated rings. The Bertz CT molecular complexity index is 859. The largest absolute Gasteiger partial charge is 0.340 e. The minimum absolute atomic E-state index is 0.512. The predicted molar refractivity (Wildman–Crippen MR) is 101 cm³/mol. The van der Waals surface area contributed by atoms with Gasteiger partial charge >= 0.3 is 0 Å². The lowest BCUT2D eigenvalue weighted by molar-refractivity contribution is 0.477. The third-order valence-corrected chi connectivity index (χ3v) is 5.24. The fraction of sp³-hybridized carbons (Fsp3) is 0.316. The standard InChI is InChI=1S/C19H21N7/c1-3-15(4-2-13(1)14-9-22-23-10-14)24-18-7-8-21-19(25-18)26-16-5-6-17(26)12-20-11-16/h1-4,7-10,16-17,20H,5-6,11-12H2,(H,22,23)(H,21,24,25). The third-order valence-electron chi connectivity index (χ3n) is 5.24. The van der Waals surface area contributed by atoms with Crippen molar-refractivity contribution in [3.8, 4) is 11.1 Å². The van der Waals surface area contributed by atoms with Crippen molar-refractivity contribution in [2.75, 3.05) is 23.3 Å². The van der Waals surface area contributed by atoms with Crippen LogP contribution in [0.5, 0.6) is 0 Å². The fourth-order valence-corrected chi connectivity index (χ4v) is 3.95. The van der Waals surface area contributed by atoms with Gasteiger partial charge in [-0.1, -0.05) is 12.1 Å². The van der Waals surface area contributed by atoms with E-state index in [1.54, 1.807) is 0 Å². The maximum Gasteiger partial charge on any atom is 0.227 e. The van der Waals surface area contributed by atoms with Gasteiger partial charge in [-0.05, 0) is 36.6 Å². The maximum absolute atomic E-state index is 4.77. The lowest BCUT2D eigenvalue weighted by atomic mass is 10.1. The first-order chi connectivity index (χ1) is 12.9. The van der Waals surface area contributed by atoms with Crippen LogP contribution in [-0.2, 0) is 0 Å². The van der Waals surface area contributed by atoms with Crippen LogP contribution in [0.4, 0.5) is 17.5 Å². The van der Waals surface area contributed by atoms with Crippen molar-refractivity contribution < 1.29 is 0 Å². The van der Waals surface area contributed by atoms with Crippen molar-refractivity contribution in [3.63, 3.8) is 0 Å². The topological polar surface area (TPSA) is 81.8 Å². The number of fused-ring (bicyclic) bond motifs is 2. The van der Waals surface area contributed by atoms with Gasteiger partial charge in [0.15, 0.2) is 0 Å². The molecule has 2 atom stereocenters. The monoisotopic (exact) mass is 347 g/mol. The number of nitrogens with zero attached hydrogens (tertiary/aromatic N) is 4. The van der Waals surface area contributed by atoms with Crippen LogP contribution in [-0.4, -0.2) is 45.3 Å². The first kappa shape index (κ1) is 15.3. The number of nitrogens with one attached hydrogen (secondary N) is 3. The highest BCUT2D eigenvalue weighted by molar-refractivity contribution is 5.66. The molecule has 1 aromatic carbocycles. The number of aromatic amines is 1. The molecule has 2 unspecified atom stereocenters. The van der Waals surface area contributed by atoms with E-state index in [-0.39, 0.29) is 0 Å². The molecular weight excluding hydrogens is 326 g/mol. The van der Waals surface area contributed by atoms with Crippen LogP contribution in [0.15, 0.2) is 48.9 Å². The van der Waals surface area contributed by atoms with Gasteiger partial charge in [-0.25, -0.2) is 4.98 Å². The zero-order valence-corrected chi connectivity index (χ0v) is 14.4. The normalized spacial score (nSPS) is 21.8. The predicted octanol–water partition coefficient (Wildman–Crippen LogP) is 2.55. The summed E-state index contributed by atoms with van der Waals surface area (Å²) in [5, 5.41) is 13.7. The molecule has 0 saturated carbocycles. The molecule has 0 radical (unpaired) electrons. The van der Waals surface area contributed by atoms with E-state index in [1.807, 2.05) is 24.7 Å². The quantitative estimate of drug-likeness (QED) is 0.673. The summed E-state index contributed by atoms with van der Waals surface area (Å²) in [5.74, 6) is 1.66. The van der Waals surface area contributed by atoms with Gasteiger partial charge in [0.25, 0.3) is 0 Å². The number of anilines is 3. The minimum atomic E-state index is 0.512. The van der Waals surface area contributed by atoms with E-state index >= 15 is 0 Å². The third kappa shape index (κ3) is 2.80. The first-order valence-electron chi connectivity index (χ1n) is 9.05. The highest BCUT2D eigenvalue weighted by Crippen LogP contribution is 2.31. The molecule has 3 aromatic rings. The van der Waals surface area contributed by atoms with Gasteiger partial charge in [0, 0.05) is 48.8 Å². The van der Waals surface area contributed by atoms with E-state index in [9.17, 15) is 0 Å². The van der Waals surface area contributed by atoms with Crippen molar-refractivity contribution in [3.05, 3.63) is 48.9 Å². The van der Waals surface area contributed by atoms with E-state index in [1.165, 1.54) is 12.8 Å². The molecule has 2 aliphatic rings. The number of benzene rings is 1. The molecule has 26 heavy (non-hydrogen) atoms. The summed E-state index contributed by atoms with van der Waals surface area (Å²) < 4.78 is 0. The Kier molecular flexibility index (Phi) is 3.79. The van der Waals surface area contributed by atoms with Crippen LogP contribution in [0, 0.1) is 0 Å². The zero-order chi connectivity index (χ0) is 17.3. The molecule has 4 heterocycles. The van der Waals surface area contributed by atoms with Crippen LogP contribution >= 0.6 is 0 Å². The second kappa shape index (κ2) is 6.42. The van der Waals surface area contributed by atoms with Crippen LogP contribution in [0.3, 0.4) is 0 Å². The number of aromatic nitrogens is 4. The number of hydrogen-bond acceptors (Lipinski definition) is 6. The lowest BCUT2D eigenvalue weighted by Crippen LogP contribution is -2.52. The summed E-state index contributed by atoms with van der Waals surface area (Å²) in [7, 11) is 0. The molecule has 132 valence electrons. The molecule has 0 aliphatic carbocycles. The van der Waals surface area contributed by atoms with E-state index in [0.29, 0.717) is 12.1 Å². The molecule has 0 amide bonds. The Hall–Kier alpha value is -2.93. The lowest BCUT2D eigenvalue weighted by Gasteiger charge is -2.35. The summed E-state index contributed by atoms with van der Waals surface area (Å²) in [6.07, 6.45) is 7.98. The average Bonchev–Trinajstić information content (AvgIpc) is 3.29. The highest BCUT2D eigenvalue weighted by atomic mass is 15.3. The Balaban J connectivity index is 1.35. The van der Waals surface area contributed by atoms with Crippen LogP contribution in [0.1, 0.15) is 12.8 Å². The van der Waals surface area contributed by atoms with E-state index in [0.717, 1.165) is 41.7 Å². The molecule has 2 saturated heterocycles. The van der Waals surface area contributed by atoms with Crippen LogP contribution in [0.25, 0.3) is 11.1 Å². The zero-order valence-electron chi connectivity index (χ0n) is 14.4. The molecule has 2 aromatic heterocycles. The Morgan fingerprint density at radius 1 is 1.00 bits per heavy atom. The van der Waals surface area contributed by atoms with Crippen molar-refractivity contribution in [2.45, 2.75) is 24.9 Å². The fourth-order valence-electron chi connectivity index (χ4n) is 3.95. The molecule has 2 bridgehead atoms. The van der Waals surface area contributed by atoms with Gasteiger partial charge < -0.3 is 15.5 Å². The van der Waals surface area contributed by atoms with Crippen LogP contribution < -0.4 is 15.5 Å². The molecule has 7 heteroatoms. The van der Waals surface area contributed by atoms with E-state index in [4.69, 9.17) is 4.98 Å². The minimum Gasteiger partial charge on any atom is -0.340 e. The molecule has 3 N–H and O–H groups in total. The Morgan fingerprint density at radius 2 is 1.81 bits per heavy atom. The summed E-state index contributed by atoms with van der Waals surface area (Å²) >= 11 is 0. The van der Waals surface area contributed by atoms with Crippen molar-refractivity contribution >= 4 is 17.5 Å². The second-order valence-corrected chi connectivity index (χ2v) is 6.88. The van der Waals surface area contributed by atoms with E-state index < -0.39 is 0 Å². The smallest absolute Gasteiger partial charge is 0.227 e. The van der Waals surface area contributed by atoms with Crippen molar-refractivity contribution in [1.82, 2.24) is 25.5 Å². The van der Waals surface area contributed by atoms with Gasteiger partial charge in [0.05, 0.1) is 6.20 Å². The van der Waals surface area contributed by atoms with Gasteiger partial charge in [-0.2, -0.15) is 10.1 Å². The molecular formula is C19H21N7. The van der Waals surface area contributed by atoms with Crippen molar-refractivity contribution in [1.29, 1.82) is 0 Å². The summed E-state index contributed by atoms with van der Waals surface area (Å²) in [4.78, 5) is 11.7. The Labute approximate surface area is 151 Å². The Morgan fingerprint density at radius 3 is 2.54 bits per heavy atom. The van der Waals surface area contributed by atoms with Crippen molar-refractivity contribution in [2.24, 2.45) is 0 Å². The molecule has 5 rings (SSSR count). The van der Waals surface area contributed by atoms with Crippen LogP contribution in [0.2, 0.25) is 0 Å². The maximum atomic E-state index is 4.77. The number of rotatable bonds is 4. The number of hydrogen-bond donors (Lipinski definition) is 3. The highest BCUT2D eigenvalue weighted by Gasteiger charge is 2.37. The van der Waals surface area contributed by atoms with Gasteiger partial charge in [0.2, 0.25) is 5.95 Å². The number of H-pyrrole nitrogens is 1. The average molecular weight is 347 g/mol. The summed E-state index contributed by atoms with van der Waals surface area (Å²) in [5.41, 5.74) is 3.21. The SMILES string of the molecule is c1cc(Nc2ccc(-c3cn[nH]c3)cc2)nc(N2C3CCC2CNC3)n1. The van der Waals surface area contributed by atoms with Gasteiger partial charge in [-0.3, -0.25) is 5.10 Å². The van der Waals surface area contributed by atoms with Gasteiger partial charge in [0.1, 0.15) is 5.82 Å². The molecule has 2 aliphatic heterocycles. The second-order valence-electron chi connectivity index (χ2n) is 6.88. The van der Waals surface area contributed by atoms with Gasteiger partial charge in [-0.15, -0.1) is 0 Å². The summed E-state index contributed by atoms with van der Waals surface area (Å²) in [6.45, 7) is 2.04.